The van der Waals surface area contributed by atoms with Crippen LogP contribution in [0.4, 0.5) is 21.6 Å². The topological polar surface area (TPSA) is 134 Å². The predicted molar refractivity (Wildman–Crippen MR) is 175 cm³/mol. The molecule has 236 valence electrons. The maximum atomic E-state index is 15.1. The number of aryl methyl sites for hydroxylation is 2. The van der Waals surface area contributed by atoms with Crippen molar-refractivity contribution >= 4 is 34.0 Å². The van der Waals surface area contributed by atoms with Crippen LogP contribution in [-0.2, 0) is 24.8 Å². The van der Waals surface area contributed by atoms with E-state index in [0.717, 1.165) is 15.8 Å². The molecular formula is C34H33FN6O5. The zero-order valence-corrected chi connectivity index (χ0v) is 25.9. The number of primary amides is 1. The van der Waals surface area contributed by atoms with Crippen LogP contribution in [0.25, 0.3) is 16.6 Å². The zero-order chi connectivity index (χ0) is 32.9. The Hall–Kier alpha value is -5.65. The smallest absolute Gasteiger partial charge is 0.336 e. The zero-order valence-electron chi connectivity index (χ0n) is 25.9. The van der Waals surface area contributed by atoms with E-state index in [-0.39, 0.29) is 41.1 Å². The summed E-state index contributed by atoms with van der Waals surface area (Å²) in [6, 6.07) is 16.9. The second-order valence-corrected chi connectivity index (χ2v) is 11.5. The molecule has 12 heteroatoms. The van der Waals surface area contributed by atoms with Gasteiger partial charge in [-0.3, -0.25) is 28.1 Å². The highest BCUT2D eigenvalue weighted by atomic mass is 19.1. The first-order chi connectivity index (χ1) is 22.0. The number of benzene rings is 3. The molecule has 11 nitrogen and oxygen atoms in total. The molecule has 6 rings (SSSR count). The van der Waals surface area contributed by atoms with Gasteiger partial charge in [-0.25, -0.2) is 9.18 Å². The Kier molecular flexibility index (Phi) is 7.72. The first-order valence-electron chi connectivity index (χ1n) is 14.7. The van der Waals surface area contributed by atoms with E-state index in [1.807, 2.05) is 11.0 Å². The third-order valence-corrected chi connectivity index (χ3v) is 8.44. The van der Waals surface area contributed by atoms with Crippen molar-refractivity contribution in [1.82, 2.24) is 13.7 Å². The molecule has 0 aliphatic carbocycles. The lowest BCUT2D eigenvalue weighted by molar-refractivity contribution is -0.116. The van der Waals surface area contributed by atoms with Crippen molar-refractivity contribution in [3.05, 3.63) is 120 Å². The molecular weight excluding hydrogens is 591 g/mol. The van der Waals surface area contributed by atoms with Gasteiger partial charge in [-0.1, -0.05) is 24.3 Å². The van der Waals surface area contributed by atoms with Gasteiger partial charge in [0.05, 0.1) is 37.1 Å². The number of ether oxygens (including phenoxy) is 1. The molecule has 0 unspecified atom stereocenters. The fourth-order valence-corrected chi connectivity index (χ4v) is 6.06. The fraction of sp³-hybridized carbons (Fsp3) is 0.235. The molecule has 0 saturated heterocycles. The van der Waals surface area contributed by atoms with Crippen molar-refractivity contribution in [3.63, 3.8) is 0 Å². The minimum absolute atomic E-state index is 0.00117. The van der Waals surface area contributed by atoms with Crippen molar-refractivity contribution in [2.75, 3.05) is 30.4 Å². The number of carbonyl (C=O) groups excluding carboxylic acids is 1. The molecule has 0 spiro atoms. The predicted octanol–water partition coefficient (Wildman–Crippen LogP) is 3.26. The van der Waals surface area contributed by atoms with Crippen LogP contribution < -0.4 is 37.5 Å². The highest BCUT2D eigenvalue weighted by molar-refractivity contribution is 5.94. The summed E-state index contributed by atoms with van der Waals surface area (Å²) in [6.07, 6.45) is 0.686. The van der Waals surface area contributed by atoms with E-state index in [0.29, 0.717) is 35.5 Å². The first kappa shape index (κ1) is 30.4. The third kappa shape index (κ3) is 5.21. The molecule has 0 fully saturated rings. The van der Waals surface area contributed by atoms with Crippen LogP contribution in [0.3, 0.4) is 0 Å². The quantitative estimate of drug-likeness (QED) is 0.271. The Labute approximate surface area is 262 Å². The third-order valence-electron chi connectivity index (χ3n) is 8.44. The van der Waals surface area contributed by atoms with Gasteiger partial charge < -0.3 is 20.7 Å². The van der Waals surface area contributed by atoms with Gasteiger partial charge in [0.2, 0.25) is 5.91 Å². The van der Waals surface area contributed by atoms with Gasteiger partial charge in [-0.05, 0) is 73.4 Å². The SMILES string of the molecule is COc1ccc(Cn2c(=O)c3c(Nc4ccc(C)cc4F)n(C)c(=O)c(C)c3n(-c3ccc4c(c3)N(CC(N)=O)CC4)c2=O)cc1. The molecule has 3 N–H and O–H groups in total. The first-order valence-corrected chi connectivity index (χ1v) is 14.7. The largest absolute Gasteiger partial charge is 0.497 e. The lowest BCUT2D eigenvalue weighted by Gasteiger charge is -2.22. The Morgan fingerprint density at radius 2 is 1.74 bits per heavy atom. The lowest BCUT2D eigenvalue weighted by atomic mass is 10.1. The number of methoxy groups -OCH3 is 1. The molecule has 1 aliphatic heterocycles. The molecule has 46 heavy (non-hydrogen) atoms. The summed E-state index contributed by atoms with van der Waals surface area (Å²) in [5.41, 5.74) is 7.46. The number of nitrogens with one attached hydrogen (secondary N) is 1. The summed E-state index contributed by atoms with van der Waals surface area (Å²) in [6.45, 7) is 3.79. The van der Waals surface area contributed by atoms with E-state index in [9.17, 15) is 19.2 Å². The standard InChI is InChI=1S/C34H33FN6O5/c1-19-5-12-26(25(35)15-19)37-31-29-30(20(2)32(43)38(31)3)41(23-9-8-22-13-14-39(18-28(36)42)27(22)16-23)34(45)40(33(29)44)17-21-6-10-24(46-4)11-7-21/h5-12,15-16,37H,13-14,17-18H2,1-4H3,(H2,36,42). The fourth-order valence-electron chi connectivity index (χ4n) is 6.06. The number of aromatic nitrogens is 3. The van der Waals surface area contributed by atoms with E-state index in [2.05, 4.69) is 5.32 Å². The number of hydrogen-bond acceptors (Lipinski definition) is 7. The average Bonchev–Trinajstić information content (AvgIpc) is 3.42. The van der Waals surface area contributed by atoms with Crippen LogP contribution in [0.2, 0.25) is 0 Å². The van der Waals surface area contributed by atoms with Crippen molar-refractivity contribution in [3.8, 4) is 11.4 Å². The van der Waals surface area contributed by atoms with Crippen LogP contribution >= 0.6 is 0 Å². The molecule has 0 bridgehead atoms. The number of nitrogens with two attached hydrogens (primary N) is 1. The van der Waals surface area contributed by atoms with E-state index in [4.69, 9.17) is 10.5 Å². The Balaban J connectivity index is 1.68. The normalized spacial score (nSPS) is 12.4. The van der Waals surface area contributed by atoms with Crippen LogP contribution in [-0.4, -0.2) is 39.8 Å². The van der Waals surface area contributed by atoms with Gasteiger partial charge in [-0.15, -0.1) is 0 Å². The number of fused-ring (bicyclic) bond motifs is 2. The Morgan fingerprint density at radius 1 is 1.00 bits per heavy atom. The Bertz CT molecular complexity index is 2220. The second kappa shape index (κ2) is 11.7. The van der Waals surface area contributed by atoms with Gasteiger partial charge in [-0.2, -0.15) is 0 Å². The Morgan fingerprint density at radius 3 is 2.41 bits per heavy atom. The molecule has 0 saturated carbocycles. The number of hydrogen-bond donors (Lipinski definition) is 2. The van der Waals surface area contributed by atoms with Gasteiger partial charge in [0.25, 0.3) is 11.1 Å². The number of anilines is 3. The monoisotopic (exact) mass is 624 g/mol. The number of carbonyl (C=O) groups is 1. The molecule has 1 aliphatic rings. The highest BCUT2D eigenvalue weighted by Gasteiger charge is 2.26. The van der Waals surface area contributed by atoms with Crippen molar-refractivity contribution in [1.29, 1.82) is 0 Å². The summed E-state index contributed by atoms with van der Waals surface area (Å²) in [5, 5.41) is 3.01. The van der Waals surface area contributed by atoms with Gasteiger partial charge >= 0.3 is 5.69 Å². The number of nitrogens with zero attached hydrogens (tertiary/aromatic N) is 4. The molecule has 2 aromatic heterocycles. The van der Waals surface area contributed by atoms with E-state index < -0.39 is 28.5 Å². The maximum Gasteiger partial charge on any atom is 0.336 e. The van der Waals surface area contributed by atoms with Crippen molar-refractivity contribution in [2.45, 2.75) is 26.8 Å². The summed E-state index contributed by atoms with van der Waals surface area (Å²) < 4.78 is 24.1. The van der Waals surface area contributed by atoms with E-state index in [1.54, 1.807) is 63.4 Å². The summed E-state index contributed by atoms with van der Waals surface area (Å²) in [4.78, 5) is 56.1. The average molecular weight is 625 g/mol. The number of pyridine rings is 1. The van der Waals surface area contributed by atoms with Crippen LogP contribution in [0.1, 0.15) is 22.3 Å². The number of rotatable bonds is 8. The van der Waals surface area contributed by atoms with Gasteiger partial charge in [0.1, 0.15) is 22.8 Å². The van der Waals surface area contributed by atoms with Crippen molar-refractivity contribution in [2.24, 2.45) is 12.8 Å². The van der Waals surface area contributed by atoms with Crippen molar-refractivity contribution < 1.29 is 13.9 Å². The molecule has 1 amide bonds. The highest BCUT2D eigenvalue weighted by Crippen LogP contribution is 2.32. The summed E-state index contributed by atoms with van der Waals surface area (Å²) >= 11 is 0. The van der Waals surface area contributed by atoms with E-state index in [1.165, 1.54) is 28.3 Å². The van der Waals surface area contributed by atoms with Gasteiger partial charge in [0, 0.05) is 24.8 Å². The lowest BCUT2D eigenvalue weighted by Crippen LogP contribution is -2.42. The number of amides is 1. The molecule has 3 heterocycles. The summed E-state index contributed by atoms with van der Waals surface area (Å²) in [7, 11) is 3.03. The summed E-state index contributed by atoms with van der Waals surface area (Å²) in [5.74, 6) is -0.413. The minimum atomic E-state index is -0.670. The van der Waals surface area contributed by atoms with Gasteiger partial charge in [0.15, 0.2) is 0 Å². The molecule has 5 aromatic rings. The molecule has 3 aromatic carbocycles. The maximum absolute atomic E-state index is 15.1. The molecule has 0 atom stereocenters. The van der Waals surface area contributed by atoms with Crippen LogP contribution in [0.5, 0.6) is 5.75 Å². The molecule has 0 radical (unpaired) electrons. The minimum Gasteiger partial charge on any atom is -0.497 e. The second-order valence-electron chi connectivity index (χ2n) is 11.5. The van der Waals surface area contributed by atoms with Crippen LogP contribution in [0.15, 0.2) is 75.0 Å². The number of halogens is 1. The van der Waals surface area contributed by atoms with Crippen LogP contribution in [0, 0.1) is 19.7 Å². The van der Waals surface area contributed by atoms with E-state index >= 15 is 4.39 Å².